The first kappa shape index (κ1) is 18.9. The summed E-state index contributed by atoms with van der Waals surface area (Å²) in [7, 11) is 1.57. The van der Waals surface area contributed by atoms with Crippen molar-refractivity contribution in [3.8, 4) is 5.75 Å². The molecule has 3 aromatic carbocycles. The SMILES string of the molecule is COc1ccccc1C(=O)Nc1ccc(N2CCN(c3ccccc3)CC2)cc1. The lowest BCUT2D eigenvalue weighted by atomic mass is 10.1. The summed E-state index contributed by atoms with van der Waals surface area (Å²) in [5.74, 6) is 0.393. The third-order valence-corrected chi connectivity index (χ3v) is 5.24. The van der Waals surface area contributed by atoms with Crippen molar-refractivity contribution < 1.29 is 9.53 Å². The van der Waals surface area contributed by atoms with Crippen LogP contribution >= 0.6 is 0 Å². The second-order valence-corrected chi connectivity index (χ2v) is 7.01. The molecule has 148 valence electrons. The molecule has 0 spiro atoms. The van der Waals surface area contributed by atoms with Gasteiger partial charge in [0.05, 0.1) is 12.7 Å². The fraction of sp³-hybridized carbons (Fsp3) is 0.208. The maximum absolute atomic E-state index is 12.5. The molecule has 0 unspecified atom stereocenters. The molecule has 1 aliphatic rings. The summed E-state index contributed by atoms with van der Waals surface area (Å²) < 4.78 is 5.27. The molecule has 0 aromatic heterocycles. The number of nitrogens with zero attached hydrogens (tertiary/aromatic N) is 2. The minimum absolute atomic E-state index is 0.174. The van der Waals surface area contributed by atoms with Gasteiger partial charge in [0.15, 0.2) is 0 Å². The predicted molar refractivity (Wildman–Crippen MR) is 118 cm³/mol. The van der Waals surface area contributed by atoms with Gasteiger partial charge in [0.1, 0.15) is 5.75 Å². The summed E-state index contributed by atoms with van der Waals surface area (Å²) in [6.45, 7) is 3.94. The highest BCUT2D eigenvalue weighted by Gasteiger charge is 2.17. The number of hydrogen-bond donors (Lipinski definition) is 1. The molecule has 29 heavy (non-hydrogen) atoms. The summed E-state index contributed by atoms with van der Waals surface area (Å²) >= 11 is 0. The monoisotopic (exact) mass is 387 g/mol. The van der Waals surface area contributed by atoms with Gasteiger partial charge in [0, 0.05) is 43.2 Å². The molecule has 0 saturated carbocycles. The molecular formula is C24H25N3O2. The van der Waals surface area contributed by atoms with Gasteiger partial charge >= 0.3 is 0 Å². The highest BCUT2D eigenvalue weighted by atomic mass is 16.5. The normalized spacial score (nSPS) is 13.8. The van der Waals surface area contributed by atoms with Crippen LogP contribution in [-0.4, -0.2) is 39.2 Å². The summed E-state index contributed by atoms with van der Waals surface area (Å²) in [6, 6.07) is 25.8. The van der Waals surface area contributed by atoms with Crippen LogP contribution in [0.25, 0.3) is 0 Å². The van der Waals surface area contributed by atoms with E-state index in [0.717, 1.165) is 31.9 Å². The van der Waals surface area contributed by atoms with Gasteiger partial charge < -0.3 is 19.9 Å². The van der Waals surface area contributed by atoms with Crippen molar-refractivity contribution >= 4 is 23.0 Å². The van der Waals surface area contributed by atoms with Gasteiger partial charge in [-0.3, -0.25) is 4.79 Å². The number of benzene rings is 3. The number of hydrogen-bond acceptors (Lipinski definition) is 4. The molecule has 1 aliphatic heterocycles. The van der Waals surface area contributed by atoms with E-state index in [2.05, 4.69) is 51.5 Å². The Kier molecular flexibility index (Phi) is 5.66. The Bertz CT molecular complexity index is 949. The Morgan fingerprint density at radius 2 is 1.31 bits per heavy atom. The Morgan fingerprint density at radius 3 is 1.93 bits per heavy atom. The fourth-order valence-electron chi connectivity index (χ4n) is 3.65. The van der Waals surface area contributed by atoms with Gasteiger partial charge in [-0.15, -0.1) is 0 Å². The molecule has 1 saturated heterocycles. The Labute approximate surface area is 171 Å². The number of para-hydroxylation sites is 2. The first-order valence-corrected chi connectivity index (χ1v) is 9.84. The van der Waals surface area contributed by atoms with Crippen LogP contribution in [0.3, 0.4) is 0 Å². The Hall–Kier alpha value is -3.47. The first-order chi connectivity index (χ1) is 14.2. The van der Waals surface area contributed by atoms with E-state index in [1.165, 1.54) is 11.4 Å². The number of ether oxygens (including phenoxy) is 1. The number of nitrogens with one attached hydrogen (secondary N) is 1. The van der Waals surface area contributed by atoms with Gasteiger partial charge in [0.2, 0.25) is 0 Å². The summed E-state index contributed by atoms with van der Waals surface area (Å²) in [6.07, 6.45) is 0. The number of piperazine rings is 1. The highest BCUT2D eigenvalue weighted by molar-refractivity contribution is 6.06. The van der Waals surface area contributed by atoms with Crippen molar-refractivity contribution in [3.63, 3.8) is 0 Å². The topological polar surface area (TPSA) is 44.8 Å². The van der Waals surface area contributed by atoms with E-state index in [0.29, 0.717) is 11.3 Å². The maximum atomic E-state index is 12.5. The third kappa shape index (κ3) is 4.35. The third-order valence-electron chi connectivity index (χ3n) is 5.24. The smallest absolute Gasteiger partial charge is 0.259 e. The molecule has 1 heterocycles. The Balaban J connectivity index is 1.37. The van der Waals surface area contributed by atoms with Crippen LogP contribution < -0.4 is 19.9 Å². The molecule has 5 heteroatoms. The first-order valence-electron chi connectivity index (χ1n) is 9.84. The summed E-state index contributed by atoms with van der Waals surface area (Å²) in [5.41, 5.74) is 3.75. The van der Waals surface area contributed by atoms with Crippen molar-refractivity contribution in [3.05, 3.63) is 84.4 Å². The largest absolute Gasteiger partial charge is 0.496 e. The van der Waals surface area contributed by atoms with Gasteiger partial charge in [-0.25, -0.2) is 0 Å². The molecule has 1 amide bonds. The number of amides is 1. The number of anilines is 3. The van der Waals surface area contributed by atoms with Crippen molar-refractivity contribution in [1.29, 1.82) is 0 Å². The van der Waals surface area contributed by atoms with Gasteiger partial charge in [0.25, 0.3) is 5.91 Å². The lowest BCUT2D eigenvalue weighted by molar-refractivity contribution is 0.102. The number of carbonyl (C=O) groups excluding carboxylic acids is 1. The lowest BCUT2D eigenvalue weighted by Crippen LogP contribution is -2.46. The van der Waals surface area contributed by atoms with Gasteiger partial charge in [-0.05, 0) is 48.5 Å². The zero-order valence-electron chi connectivity index (χ0n) is 16.5. The molecule has 1 fully saturated rings. The van der Waals surface area contributed by atoms with E-state index in [1.54, 1.807) is 19.2 Å². The van der Waals surface area contributed by atoms with E-state index < -0.39 is 0 Å². The second kappa shape index (κ2) is 8.69. The summed E-state index contributed by atoms with van der Waals surface area (Å²) in [5, 5.41) is 2.95. The van der Waals surface area contributed by atoms with Crippen LogP contribution in [0.2, 0.25) is 0 Å². The molecule has 3 aromatic rings. The molecule has 0 atom stereocenters. The van der Waals surface area contributed by atoms with Gasteiger partial charge in [-0.2, -0.15) is 0 Å². The predicted octanol–water partition coefficient (Wildman–Crippen LogP) is 4.27. The van der Waals surface area contributed by atoms with Crippen LogP contribution in [0.5, 0.6) is 5.75 Å². The van der Waals surface area contributed by atoms with Crippen molar-refractivity contribution in [2.45, 2.75) is 0 Å². The maximum Gasteiger partial charge on any atom is 0.259 e. The molecule has 1 N–H and O–H groups in total. The molecule has 0 aliphatic carbocycles. The van der Waals surface area contributed by atoms with Crippen molar-refractivity contribution in [2.24, 2.45) is 0 Å². The van der Waals surface area contributed by atoms with Gasteiger partial charge in [-0.1, -0.05) is 30.3 Å². The average molecular weight is 387 g/mol. The molecule has 0 bridgehead atoms. The molecule has 5 nitrogen and oxygen atoms in total. The van der Waals surface area contributed by atoms with Crippen LogP contribution in [0.1, 0.15) is 10.4 Å². The van der Waals surface area contributed by atoms with Crippen LogP contribution in [0, 0.1) is 0 Å². The van der Waals surface area contributed by atoms with Crippen molar-refractivity contribution in [2.75, 3.05) is 48.4 Å². The number of carbonyl (C=O) groups is 1. The standard InChI is InChI=1S/C24H25N3O2/c1-29-23-10-6-5-9-22(23)24(28)25-19-11-13-21(14-12-19)27-17-15-26(16-18-27)20-7-3-2-4-8-20/h2-14H,15-18H2,1H3,(H,25,28). The van der Waals surface area contributed by atoms with E-state index in [1.807, 2.05) is 30.3 Å². The molecule has 4 rings (SSSR count). The zero-order valence-corrected chi connectivity index (χ0v) is 16.5. The number of methoxy groups -OCH3 is 1. The zero-order chi connectivity index (χ0) is 20.1. The van der Waals surface area contributed by atoms with E-state index >= 15 is 0 Å². The van der Waals surface area contributed by atoms with Crippen LogP contribution in [-0.2, 0) is 0 Å². The molecule has 0 radical (unpaired) electrons. The molecular weight excluding hydrogens is 362 g/mol. The quantitative estimate of drug-likeness (QED) is 0.710. The fourth-order valence-corrected chi connectivity index (χ4v) is 3.65. The van der Waals surface area contributed by atoms with Crippen molar-refractivity contribution in [1.82, 2.24) is 0 Å². The Morgan fingerprint density at radius 1 is 0.759 bits per heavy atom. The average Bonchev–Trinajstić information content (AvgIpc) is 2.80. The minimum Gasteiger partial charge on any atom is -0.496 e. The summed E-state index contributed by atoms with van der Waals surface area (Å²) in [4.78, 5) is 17.3. The van der Waals surface area contributed by atoms with E-state index in [9.17, 15) is 4.79 Å². The van der Waals surface area contributed by atoms with E-state index in [-0.39, 0.29) is 5.91 Å². The number of rotatable bonds is 5. The van der Waals surface area contributed by atoms with Crippen LogP contribution in [0.15, 0.2) is 78.9 Å². The van der Waals surface area contributed by atoms with E-state index in [4.69, 9.17) is 4.74 Å². The lowest BCUT2D eigenvalue weighted by Gasteiger charge is -2.37. The second-order valence-electron chi connectivity index (χ2n) is 7.01. The van der Waals surface area contributed by atoms with Crippen LogP contribution in [0.4, 0.5) is 17.1 Å². The minimum atomic E-state index is -0.174. The highest BCUT2D eigenvalue weighted by Crippen LogP contribution is 2.23.